The van der Waals surface area contributed by atoms with Crippen LogP contribution in [0.5, 0.6) is 0 Å². The van der Waals surface area contributed by atoms with Gasteiger partial charge in [-0.1, -0.05) is 30.3 Å². The molecule has 31 heavy (non-hydrogen) atoms. The molecule has 0 fully saturated rings. The number of carbonyl (C=O) groups excluding carboxylic acids is 2. The first-order valence-corrected chi connectivity index (χ1v) is 10.3. The highest BCUT2D eigenvalue weighted by atomic mass is 16.2. The lowest BCUT2D eigenvalue weighted by molar-refractivity contribution is 0.0718. The molecule has 1 aliphatic heterocycles. The quantitative estimate of drug-likeness (QED) is 0.677. The number of amides is 2. The highest BCUT2D eigenvalue weighted by Gasteiger charge is 2.29. The number of benzene rings is 1. The Kier molecular flexibility index (Phi) is 5.70. The van der Waals surface area contributed by atoms with E-state index in [4.69, 9.17) is 0 Å². The van der Waals surface area contributed by atoms with Crippen LogP contribution in [0.2, 0.25) is 0 Å². The molecule has 0 saturated heterocycles. The molecule has 8 heteroatoms. The molecule has 0 aliphatic carbocycles. The van der Waals surface area contributed by atoms with Crippen molar-refractivity contribution >= 4 is 11.8 Å². The van der Waals surface area contributed by atoms with Crippen molar-refractivity contribution in [3.05, 3.63) is 87.4 Å². The molecule has 1 N–H and O–H groups in total. The van der Waals surface area contributed by atoms with E-state index in [1.165, 1.54) is 7.05 Å². The van der Waals surface area contributed by atoms with Crippen molar-refractivity contribution < 1.29 is 9.59 Å². The third kappa shape index (κ3) is 4.01. The Morgan fingerprint density at radius 3 is 2.65 bits per heavy atom. The molecule has 3 aromatic rings. The second kappa shape index (κ2) is 8.59. The number of pyridine rings is 1. The molecule has 1 aliphatic rings. The summed E-state index contributed by atoms with van der Waals surface area (Å²) in [5, 5.41) is 2.59. The number of hydrogen-bond donors (Lipinski definition) is 1. The Morgan fingerprint density at radius 1 is 1.19 bits per heavy atom. The number of nitrogens with zero attached hydrogens (tertiary/aromatic N) is 4. The molecule has 2 aromatic heterocycles. The number of hydrogen-bond acceptors (Lipinski definition) is 4. The maximum atomic E-state index is 13.1. The molecule has 0 atom stereocenters. The zero-order valence-electron chi connectivity index (χ0n) is 17.7. The smallest absolute Gasteiger partial charge is 0.290 e. The van der Waals surface area contributed by atoms with Gasteiger partial charge < -0.3 is 19.4 Å². The third-order valence-corrected chi connectivity index (χ3v) is 5.71. The van der Waals surface area contributed by atoms with Crippen LogP contribution in [0.3, 0.4) is 0 Å². The summed E-state index contributed by atoms with van der Waals surface area (Å²) < 4.78 is 3.28. The minimum atomic E-state index is -0.390. The predicted molar refractivity (Wildman–Crippen MR) is 116 cm³/mol. The fourth-order valence-electron chi connectivity index (χ4n) is 4.02. The van der Waals surface area contributed by atoms with Crippen molar-refractivity contribution in [3.63, 3.8) is 0 Å². The van der Waals surface area contributed by atoms with Crippen LogP contribution < -0.4 is 10.9 Å². The van der Waals surface area contributed by atoms with E-state index >= 15 is 0 Å². The van der Waals surface area contributed by atoms with Crippen LogP contribution in [-0.2, 0) is 33.0 Å². The summed E-state index contributed by atoms with van der Waals surface area (Å²) in [6, 6.07) is 9.89. The summed E-state index contributed by atoms with van der Waals surface area (Å²) in [5.74, 6) is -0.187. The summed E-state index contributed by atoms with van der Waals surface area (Å²) in [6.45, 7) is 1.21. The van der Waals surface area contributed by atoms with E-state index in [0.717, 1.165) is 16.7 Å². The Morgan fingerprint density at radius 2 is 1.97 bits per heavy atom. The Hall–Kier alpha value is -3.68. The number of carbonyl (C=O) groups is 2. The van der Waals surface area contributed by atoms with Gasteiger partial charge in [0, 0.05) is 52.3 Å². The van der Waals surface area contributed by atoms with Crippen molar-refractivity contribution in [1.82, 2.24) is 24.3 Å². The van der Waals surface area contributed by atoms with Crippen LogP contribution in [0.15, 0.2) is 53.7 Å². The van der Waals surface area contributed by atoms with Gasteiger partial charge in [0.2, 0.25) is 0 Å². The SMILES string of the molecule is CNC(=O)c1c2c(cn(CCc3ccccc3)c1=O)CN(C(=O)c1nccn1C)CC2. The number of nitrogens with one attached hydrogen (secondary N) is 1. The van der Waals surface area contributed by atoms with Crippen LogP contribution in [0.25, 0.3) is 0 Å². The molecule has 0 bridgehead atoms. The van der Waals surface area contributed by atoms with Crippen LogP contribution in [0.1, 0.15) is 37.7 Å². The molecule has 1 aromatic carbocycles. The van der Waals surface area contributed by atoms with Crippen molar-refractivity contribution in [2.75, 3.05) is 13.6 Å². The molecule has 0 radical (unpaired) electrons. The lowest BCUT2D eigenvalue weighted by Crippen LogP contribution is -2.41. The fraction of sp³-hybridized carbons (Fsp3) is 0.304. The first kappa shape index (κ1) is 20.6. The molecule has 0 saturated carbocycles. The zero-order valence-corrected chi connectivity index (χ0v) is 17.7. The van der Waals surface area contributed by atoms with Gasteiger partial charge in [-0.2, -0.15) is 0 Å². The van der Waals surface area contributed by atoms with E-state index in [-0.39, 0.29) is 22.9 Å². The van der Waals surface area contributed by atoms with Gasteiger partial charge in [0.15, 0.2) is 5.82 Å². The summed E-state index contributed by atoms with van der Waals surface area (Å²) >= 11 is 0. The minimum absolute atomic E-state index is 0.165. The molecule has 160 valence electrons. The lowest BCUT2D eigenvalue weighted by Gasteiger charge is -2.30. The molecular weight excluding hydrogens is 394 g/mol. The van der Waals surface area contributed by atoms with Crippen LogP contribution >= 0.6 is 0 Å². The van der Waals surface area contributed by atoms with Crippen molar-refractivity contribution in [3.8, 4) is 0 Å². The summed E-state index contributed by atoms with van der Waals surface area (Å²) in [4.78, 5) is 44.5. The molecule has 0 spiro atoms. The first-order valence-electron chi connectivity index (χ1n) is 10.3. The zero-order chi connectivity index (χ0) is 22.0. The fourth-order valence-corrected chi connectivity index (χ4v) is 4.02. The van der Waals surface area contributed by atoms with Crippen LogP contribution in [-0.4, -0.2) is 44.4 Å². The van der Waals surface area contributed by atoms with Gasteiger partial charge in [0.25, 0.3) is 17.4 Å². The van der Waals surface area contributed by atoms with E-state index in [0.29, 0.717) is 38.3 Å². The second-order valence-corrected chi connectivity index (χ2v) is 7.66. The molecule has 3 heterocycles. The number of imidazole rings is 1. The van der Waals surface area contributed by atoms with Gasteiger partial charge in [-0.15, -0.1) is 0 Å². The molecule has 4 rings (SSSR count). The van der Waals surface area contributed by atoms with Crippen LogP contribution in [0.4, 0.5) is 0 Å². The maximum Gasteiger partial charge on any atom is 0.290 e. The first-order chi connectivity index (χ1) is 15.0. The Labute approximate surface area is 180 Å². The minimum Gasteiger partial charge on any atom is -0.355 e. The predicted octanol–water partition coefficient (Wildman–Crippen LogP) is 1.38. The average molecular weight is 419 g/mol. The summed E-state index contributed by atoms with van der Waals surface area (Å²) in [5.41, 5.74) is 2.54. The van der Waals surface area contributed by atoms with Crippen molar-refractivity contribution in [2.45, 2.75) is 25.9 Å². The highest BCUT2D eigenvalue weighted by molar-refractivity contribution is 5.96. The van der Waals surface area contributed by atoms with Gasteiger partial charge in [0.05, 0.1) is 0 Å². The Bertz CT molecular complexity index is 1180. The van der Waals surface area contributed by atoms with E-state index in [2.05, 4.69) is 10.3 Å². The topological polar surface area (TPSA) is 89.2 Å². The van der Waals surface area contributed by atoms with Gasteiger partial charge in [-0.05, 0) is 29.5 Å². The van der Waals surface area contributed by atoms with Crippen molar-refractivity contribution in [2.24, 2.45) is 7.05 Å². The summed E-state index contributed by atoms with van der Waals surface area (Å²) in [6.07, 6.45) is 6.24. The van der Waals surface area contributed by atoms with Gasteiger partial charge in [-0.25, -0.2) is 4.98 Å². The second-order valence-electron chi connectivity index (χ2n) is 7.66. The maximum absolute atomic E-state index is 13.1. The Balaban J connectivity index is 1.68. The molecular formula is C23H25N5O3. The third-order valence-electron chi connectivity index (χ3n) is 5.71. The number of rotatable bonds is 5. The summed E-state index contributed by atoms with van der Waals surface area (Å²) in [7, 11) is 3.30. The molecule has 2 amide bonds. The van der Waals surface area contributed by atoms with E-state index < -0.39 is 0 Å². The largest absolute Gasteiger partial charge is 0.355 e. The molecule has 0 unspecified atom stereocenters. The monoisotopic (exact) mass is 419 g/mol. The van der Waals surface area contributed by atoms with E-state index in [1.807, 2.05) is 30.3 Å². The van der Waals surface area contributed by atoms with Gasteiger partial charge in [0.1, 0.15) is 5.56 Å². The average Bonchev–Trinajstić information content (AvgIpc) is 3.23. The normalized spacial score (nSPS) is 13.0. The highest BCUT2D eigenvalue weighted by Crippen LogP contribution is 2.22. The van der Waals surface area contributed by atoms with Crippen molar-refractivity contribution in [1.29, 1.82) is 0 Å². The standard InChI is InChI=1S/C23H25N5O3/c1-24-21(29)19-18-9-12-28(23(31)20-25-10-13-26(20)2)15-17(18)14-27(22(19)30)11-8-16-6-4-3-5-7-16/h3-7,10,13-14H,8-9,11-12,15H2,1-2H3,(H,24,29). The number of aryl methyl sites for hydroxylation is 3. The van der Waals surface area contributed by atoms with E-state index in [1.54, 1.807) is 39.7 Å². The number of fused-ring (bicyclic) bond motifs is 1. The van der Waals surface area contributed by atoms with Crippen LogP contribution in [0, 0.1) is 0 Å². The van der Waals surface area contributed by atoms with Gasteiger partial charge >= 0.3 is 0 Å². The van der Waals surface area contributed by atoms with Gasteiger partial charge in [-0.3, -0.25) is 14.4 Å². The van der Waals surface area contributed by atoms with E-state index in [9.17, 15) is 14.4 Å². The molecule has 8 nitrogen and oxygen atoms in total. The lowest BCUT2D eigenvalue weighted by atomic mass is 9.95. The number of aromatic nitrogens is 3.